The third kappa shape index (κ3) is 6.10. The maximum Gasteiger partial charge on any atom is 0.337 e. The van der Waals surface area contributed by atoms with Crippen LogP contribution in [0.4, 0.5) is 0 Å². The number of aliphatic imine (C=N–C) groups is 1. The Morgan fingerprint density at radius 1 is 1.45 bits per heavy atom. The molecule has 1 rings (SSSR count). The summed E-state index contributed by atoms with van der Waals surface area (Å²) in [6.45, 7) is 5.09. The minimum absolute atomic E-state index is 0.324. The lowest BCUT2D eigenvalue weighted by atomic mass is 10.1. The highest BCUT2D eigenvalue weighted by molar-refractivity contribution is 8.13. The van der Waals surface area contributed by atoms with Crippen LogP contribution in [0.3, 0.4) is 0 Å². The molecule has 0 heterocycles. The van der Waals surface area contributed by atoms with Crippen molar-refractivity contribution in [2.24, 2.45) is 16.6 Å². The lowest BCUT2D eigenvalue weighted by molar-refractivity contribution is 0.0600. The first-order chi connectivity index (χ1) is 9.52. The van der Waals surface area contributed by atoms with Crippen LogP contribution in [0.5, 0.6) is 0 Å². The van der Waals surface area contributed by atoms with Gasteiger partial charge >= 0.3 is 5.97 Å². The fraction of sp³-hybridized carbons (Fsp3) is 0.467. The number of rotatable bonds is 6. The molecule has 0 amide bonds. The molecule has 1 aromatic rings. The summed E-state index contributed by atoms with van der Waals surface area (Å²) in [5, 5.41) is 0.592. The van der Waals surface area contributed by atoms with Crippen LogP contribution < -0.4 is 5.73 Å². The van der Waals surface area contributed by atoms with Crippen molar-refractivity contribution in [3.8, 4) is 0 Å². The van der Waals surface area contributed by atoms with Crippen LogP contribution in [0.1, 0.15) is 36.2 Å². The van der Waals surface area contributed by atoms with Crippen LogP contribution in [0, 0.1) is 5.92 Å². The van der Waals surface area contributed by atoms with Crippen LogP contribution in [-0.2, 0) is 10.5 Å². The minimum atomic E-state index is -0.324. The number of esters is 1. The van der Waals surface area contributed by atoms with Gasteiger partial charge in [0, 0.05) is 12.3 Å². The van der Waals surface area contributed by atoms with Gasteiger partial charge in [0.25, 0.3) is 0 Å². The third-order valence-corrected chi connectivity index (χ3v) is 3.61. The van der Waals surface area contributed by atoms with E-state index in [1.165, 1.54) is 18.9 Å². The smallest absolute Gasteiger partial charge is 0.337 e. The molecule has 0 saturated carbocycles. The molecule has 0 radical (unpaired) electrons. The van der Waals surface area contributed by atoms with Crippen molar-refractivity contribution < 1.29 is 9.53 Å². The van der Waals surface area contributed by atoms with Gasteiger partial charge in [-0.1, -0.05) is 37.7 Å². The van der Waals surface area contributed by atoms with Crippen molar-refractivity contribution in [3.63, 3.8) is 0 Å². The summed E-state index contributed by atoms with van der Waals surface area (Å²) < 4.78 is 4.70. The molecule has 20 heavy (non-hydrogen) atoms. The van der Waals surface area contributed by atoms with Gasteiger partial charge in [0.15, 0.2) is 5.17 Å². The van der Waals surface area contributed by atoms with Crippen LogP contribution in [-0.4, -0.2) is 24.8 Å². The summed E-state index contributed by atoms with van der Waals surface area (Å²) >= 11 is 1.48. The maximum atomic E-state index is 11.4. The van der Waals surface area contributed by atoms with Crippen molar-refractivity contribution in [2.45, 2.75) is 26.0 Å². The summed E-state index contributed by atoms with van der Waals surface area (Å²) in [6, 6.07) is 7.36. The Bertz CT molecular complexity index is 473. The zero-order valence-electron chi connectivity index (χ0n) is 12.3. The number of amidine groups is 1. The Balaban J connectivity index is 2.51. The fourth-order valence-electron chi connectivity index (χ4n) is 1.54. The molecular weight excluding hydrogens is 272 g/mol. The average molecular weight is 294 g/mol. The van der Waals surface area contributed by atoms with Gasteiger partial charge in [-0.2, -0.15) is 0 Å². The molecule has 2 N–H and O–H groups in total. The molecule has 0 fully saturated rings. The molecule has 0 bridgehead atoms. The lowest BCUT2D eigenvalue weighted by Gasteiger charge is -2.05. The zero-order chi connectivity index (χ0) is 15.0. The number of ether oxygens (including phenoxy) is 1. The molecule has 0 aliphatic carbocycles. The van der Waals surface area contributed by atoms with Gasteiger partial charge in [-0.3, -0.25) is 4.99 Å². The summed E-state index contributed by atoms with van der Waals surface area (Å²) in [7, 11) is 1.38. The Labute approximate surface area is 124 Å². The number of nitrogens with two attached hydrogens (primary N) is 1. The SMILES string of the molecule is COC(=O)c1cccc(CSC(N)=NCCC(C)C)c1. The van der Waals surface area contributed by atoms with Gasteiger partial charge < -0.3 is 10.5 Å². The van der Waals surface area contributed by atoms with Gasteiger partial charge in [0.2, 0.25) is 0 Å². The third-order valence-electron chi connectivity index (χ3n) is 2.71. The summed E-state index contributed by atoms with van der Waals surface area (Å²) in [4.78, 5) is 15.8. The monoisotopic (exact) mass is 294 g/mol. The molecule has 0 aliphatic rings. The zero-order valence-corrected chi connectivity index (χ0v) is 13.1. The second-order valence-electron chi connectivity index (χ2n) is 4.88. The highest BCUT2D eigenvalue weighted by atomic mass is 32.2. The second kappa shape index (κ2) is 8.64. The molecule has 1 aromatic carbocycles. The van der Waals surface area contributed by atoms with Crippen LogP contribution in [0.2, 0.25) is 0 Å². The number of nitrogens with zero attached hydrogens (tertiary/aromatic N) is 1. The predicted molar refractivity (Wildman–Crippen MR) is 85.0 cm³/mol. The van der Waals surface area contributed by atoms with E-state index >= 15 is 0 Å². The number of carbonyl (C=O) groups excluding carboxylic acids is 1. The Kier molecular flexibility index (Phi) is 7.15. The van der Waals surface area contributed by atoms with E-state index in [2.05, 4.69) is 18.8 Å². The van der Waals surface area contributed by atoms with E-state index in [0.717, 1.165) is 18.5 Å². The summed E-state index contributed by atoms with van der Waals surface area (Å²) in [5.41, 5.74) is 7.44. The first kappa shape index (κ1) is 16.6. The molecule has 0 aliphatic heterocycles. The Morgan fingerprint density at radius 3 is 2.85 bits per heavy atom. The fourth-order valence-corrected chi connectivity index (χ4v) is 2.22. The highest BCUT2D eigenvalue weighted by Crippen LogP contribution is 2.14. The van der Waals surface area contributed by atoms with Crippen molar-refractivity contribution in [1.82, 2.24) is 0 Å². The molecule has 110 valence electrons. The predicted octanol–water partition coefficient (Wildman–Crippen LogP) is 3.07. The van der Waals surface area contributed by atoms with Crippen LogP contribution in [0.15, 0.2) is 29.3 Å². The molecule has 0 saturated heterocycles. The van der Waals surface area contributed by atoms with Gasteiger partial charge in [-0.25, -0.2) is 4.79 Å². The van der Waals surface area contributed by atoms with Gasteiger partial charge in [0.05, 0.1) is 12.7 Å². The molecule has 0 aromatic heterocycles. The van der Waals surface area contributed by atoms with Gasteiger partial charge in [-0.05, 0) is 30.0 Å². The van der Waals surface area contributed by atoms with Gasteiger partial charge in [-0.15, -0.1) is 0 Å². The number of carbonyl (C=O) groups is 1. The number of methoxy groups -OCH3 is 1. The van der Waals surface area contributed by atoms with Crippen LogP contribution >= 0.6 is 11.8 Å². The average Bonchev–Trinajstić information content (AvgIpc) is 2.44. The van der Waals surface area contributed by atoms with E-state index in [1.807, 2.05) is 18.2 Å². The van der Waals surface area contributed by atoms with E-state index in [4.69, 9.17) is 10.5 Å². The van der Waals surface area contributed by atoms with E-state index in [9.17, 15) is 4.79 Å². The first-order valence-corrected chi connectivity index (χ1v) is 7.61. The highest BCUT2D eigenvalue weighted by Gasteiger charge is 2.06. The topological polar surface area (TPSA) is 64.7 Å². The normalized spacial score (nSPS) is 11.7. The molecule has 0 spiro atoms. The molecule has 5 heteroatoms. The molecule has 4 nitrogen and oxygen atoms in total. The van der Waals surface area contributed by atoms with Crippen molar-refractivity contribution >= 4 is 22.9 Å². The number of benzene rings is 1. The van der Waals surface area contributed by atoms with Crippen molar-refractivity contribution in [2.75, 3.05) is 13.7 Å². The summed E-state index contributed by atoms with van der Waals surface area (Å²) in [6.07, 6.45) is 1.04. The second-order valence-corrected chi connectivity index (χ2v) is 5.88. The summed E-state index contributed by atoms with van der Waals surface area (Å²) in [5.74, 6) is 1.01. The quantitative estimate of drug-likeness (QED) is 0.497. The van der Waals surface area contributed by atoms with E-state index in [0.29, 0.717) is 22.4 Å². The van der Waals surface area contributed by atoms with E-state index in [-0.39, 0.29) is 5.97 Å². The van der Waals surface area contributed by atoms with Gasteiger partial charge in [0.1, 0.15) is 0 Å². The van der Waals surface area contributed by atoms with Crippen LogP contribution in [0.25, 0.3) is 0 Å². The van der Waals surface area contributed by atoms with Crippen molar-refractivity contribution in [3.05, 3.63) is 35.4 Å². The largest absolute Gasteiger partial charge is 0.465 e. The minimum Gasteiger partial charge on any atom is -0.465 e. The van der Waals surface area contributed by atoms with E-state index in [1.54, 1.807) is 6.07 Å². The first-order valence-electron chi connectivity index (χ1n) is 6.63. The Hall–Kier alpha value is -1.49. The van der Waals surface area contributed by atoms with Crippen molar-refractivity contribution in [1.29, 1.82) is 0 Å². The number of thioether (sulfide) groups is 1. The Morgan fingerprint density at radius 2 is 2.20 bits per heavy atom. The maximum absolute atomic E-state index is 11.4. The molecule has 0 atom stereocenters. The molecular formula is C15H22N2O2S. The lowest BCUT2D eigenvalue weighted by Crippen LogP contribution is -2.08. The standard InChI is InChI=1S/C15H22N2O2S/c1-11(2)7-8-17-15(16)20-10-12-5-4-6-13(9-12)14(18)19-3/h4-6,9,11H,7-8,10H2,1-3H3,(H2,16,17). The number of hydrogen-bond acceptors (Lipinski definition) is 4. The van der Waals surface area contributed by atoms with E-state index < -0.39 is 0 Å². The number of hydrogen-bond donors (Lipinski definition) is 1. The molecule has 0 unspecified atom stereocenters.